The Morgan fingerprint density at radius 2 is 2.00 bits per heavy atom. The van der Waals surface area contributed by atoms with E-state index in [-0.39, 0.29) is 11.7 Å². The van der Waals surface area contributed by atoms with E-state index in [1.807, 2.05) is 0 Å². The van der Waals surface area contributed by atoms with Crippen LogP contribution in [0.5, 0.6) is 0 Å². The van der Waals surface area contributed by atoms with Crippen molar-refractivity contribution in [1.82, 2.24) is 20.1 Å². The molecule has 0 radical (unpaired) electrons. The number of rotatable bonds is 3. The Kier molecular flexibility index (Phi) is 3.51. The van der Waals surface area contributed by atoms with Crippen molar-refractivity contribution >= 4 is 17.5 Å². The number of benzene rings is 1. The summed E-state index contributed by atoms with van der Waals surface area (Å²) >= 11 is 0. The Bertz CT molecular complexity index is 678. The van der Waals surface area contributed by atoms with Gasteiger partial charge in [0.15, 0.2) is 0 Å². The molecule has 1 amide bonds. The molecular weight excluding hydrogens is 268 g/mol. The van der Waals surface area contributed by atoms with E-state index in [1.54, 1.807) is 29.2 Å². The Labute approximate surface area is 121 Å². The molecule has 1 saturated heterocycles. The van der Waals surface area contributed by atoms with Crippen molar-refractivity contribution in [3.8, 4) is 6.07 Å². The second-order valence-corrected chi connectivity index (χ2v) is 4.82. The lowest BCUT2D eigenvalue weighted by molar-refractivity contribution is 0.0781. The summed E-state index contributed by atoms with van der Waals surface area (Å²) in [5, 5.41) is 18.4. The third-order valence-electron chi connectivity index (χ3n) is 3.35. The van der Waals surface area contributed by atoms with Gasteiger partial charge in [0, 0.05) is 18.8 Å². The third-order valence-corrected chi connectivity index (χ3v) is 3.35. The first kappa shape index (κ1) is 13.1. The molecule has 1 aliphatic rings. The zero-order valence-corrected chi connectivity index (χ0v) is 11.3. The summed E-state index contributed by atoms with van der Waals surface area (Å²) in [5.74, 6) is 0.461. The summed E-state index contributed by atoms with van der Waals surface area (Å²) in [7, 11) is 0. The largest absolute Gasteiger partial charge is 0.336 e. The summed E-state index contributed by atoms with van der Waals surface area (Å²) in [4.78, 5) is 18.1. The lowest BCUT2D eigenvalue weighted by Crippen LogP contribution is -2.28. The molecule has 7 heteroatoms. The van der Waals surface area contributed by atoms with Gasteiger partial charge in [-0.2, -0.15) is 10.2 Å². The summed E-state index contributed by atoms with van der Waals surface area (Å²) in [6, 6.07) is 8.97. The van der Waals surface area contributed by atoms with Crippen LogP contribution in [0.2, 0.25) is 0 Å². The smallest absolute Gasteiger partial charge is 0.291 e. The topological polar surface area (TPSA) is 97.7 Å². The van der Waals surface area contributed by atoms with Crippen LogP contribution in [0, 0.1) is 11.3 Å². The standard InChI is InChI=1S/C14H14N6O/c15-9-10-3-5-11(6-4-10)16-14-17-12(18-19-14)13(21)20-7-1-2-8-20/h3-6H,1-2,7-8H2,(H2,16,17,18,19). The molecule has 1 aromatic heterocycles. The minimum absolute atomic E-state index is 0.118. The Morgan fingerprint density at radius 1 is 1.29 bits per heavy atom. The minimum Gasteiger partial charge on any atom is -0.336 e. The van der Waals surface area contributed by atoms with Crippen LogP contribution in [0.4, 0.5) is 11.6 Å². The van der Waals surface area contributed by atoms with Crippen molar-refractivity contribution in [2.45, 2.75) is 12.8 Å². The molecule has 2 heterocycles. The van der Waals surface area contributed by atoms with Crippen molar-refractivity contribution < 1.29 is 4.79 Å². The number of nitrogens with one attached hydrogen (secondary N) is 2. The van der Waals surface area contributed by atoms with Crippen LogP contribution >= 0.6 is 0 Å². The van der Waals surface area contributed by atoms with Crippen LogP contribution in [0.3, 0.4) is 0 Å². The van der Waals surface area contributed by atoms with E-state index >= 15 is 0 Å². The lowest BCUT2D eigenvalue weighted by Gasteiger charge is -2.12. The highest BCUT2D eigenvalue weighted by molar-refractivity contribution is 5.90. The van der Waals surface area contributed by atoms with E-state index in [4.69, 9.17) is 5.26 Å². The van der Waals surface area contributed by atoms with Crippen LogP contribution < -0.4 is 5.32 Å². The van der Waals surface area contributed by atoms with Crippen LogP contribution in [0.25, 0.3) is 0 Å². The van der Waals surface area contributed by atoms with Gasteiger partial charge in [0.2, 0.25) is 11.8 Å². The molecule has 21 heavy (non-hydrogen) atoms. The van der Waals surface area contributed by atoms with Crippen molar-refractivity contribution in [3.05, 3.63) is 35.7 Å². The minimum atomic E-state index is -0.118. The van der Waals surface area contributed by atoms with E-state index < -0.39 is 0 Å². The number of amides is 1. The first-order valence-electron chi connectivity index (χ1n) is 6.75. The highest BCUT2D eigenvalue weighted by atomic mass is 16.2. The molecule has 0 unspecified atom stereocenters. The quantitative estimate of drug-likeness (QED) is 0.892. The second kappa shape index (κ2) is 5.63. The highest BCUT2D eigenvalue weighted by Gasteiger charge is 2.22. The fraction of sp³-hybridized carbons (Fsp3) is 0.286. The lowest BCUT2D eigenvalue weighted by atomic mass is 10.2. The van der Waals surface area contributed by atoms with Crippen LogP contribution in [0.15, 0.2) is 24.3 Å². The van der Waals surface area contributed by atoms with Crippen molar-refractivity contribution in [2.75, 3.05) is 18.4 Å². The first-order chi connectivity index (χ1) is 10.3. The number of H-pyrrole nitrogens is 1. The van der Waals surface area contributed by atoms with Gasteiger partial charge in [0.05, 0.1) is 11.6 Å². The van der Waals surface area contributed by atoms with Crippen LogP contribution in [0.1, 0.15) is 29.0 Å². The van der Waals surface area contributed by atoms with Gasteiger partial charge in [-0.05, 0) is 37.1 Å². The van der Waals surface area contributed by atoms with Gasteiger partial charge in [-0.3, -0.25) is 9.89 Å². The van der Waals surface area contributed by atoms with Gasteiger partial charge in [0.1, 0.15) is 0 Å². The predicted molar refractivity (Wildman–Crippen MR) is 76.0 cm³/mol. The molecule has 0 atom stereocenters. The number of carbonyl (C=O) groups is 1. The molecule has 0 aliphatic carbocycles. The average molecular weight is 282 g/mol. The highest BCUT2D eigenvalue weighted by Crippen LogP contribution is 2.15. The van der Waals surface area contributed by atoms with Crippen LogP contribution in [-0.4, -0.2) is 39.1 Å². The van der Waals surface area contributed by atoms with Crippen molar-refractivity contribution in [2.24, 2.45) is 0 Å². The average Bonchev–Trinajstić information content (AvgIpc) is 3.19. The fourth-order valence-electron chi connectivity index (χ4n) is 2.24. The van der Waals surface area contributed by atoms with Gasteiger partial charge in [-0.25, -0.2) is 0 Å². The number of likely N-dealkylation sites (tertiary alicyclic amines) is 1. The number of nitriles is 1. The van der Waals surface area contributed by atoms with Gasteiger partial charge in [-0.1, -0.05) is 0 Å². The van der Waals surface area contributed by atoms with E-state index in [1.165, 1.54) is 0 Å². The maximum atomic E-state index is 12.1. The van der Waals surface area contributed by atoms with Gasteiger partial charge >= 0.3 is 0 Å². The molecule has 1 aliphatic heterocycles. The molecule has 2 N–H and O–H groups in total. The third kappa shape index (κ3) is 2.84. The number of aromatic nitrogens is 3. The Morgan fingerprint density at radius 3 is 2.67 bits per heavy atom. The zero-order chi connectivity index (χ0) is 14.7. The maximum Gasteiger partial charge on any atom is 0.291 e. The summed E-state index contributed by atoms with van der Waals surface area (Å²) in [6.45, 7) is 1.55. The molecule has 1 fully saturated rings. The Balaban J connectivity index is 1.69. The summed E-state index contributed by atoms with van der Waals surface area (Å²) in [5.41, 5.74) is 1.34. The second-order valence-electron chi connectivity index (χ2n) is 4.82. The molecule has 2 aromatic rings. The van der Waals surface area contributed by atoms with Gasteiger partial charge in [0.25, 0.3) is 5.91 Å². The number of aromatic amines is 1. The number of hydrogen-bond acceptors (Lipinski definition) is 5. The van der Waals surface area contributed by atoms with Gasteiger partial charge in [-0.15, -0.1) is 5.10 Å². The van der Waals surface area contributed by atoms with Gasteiger partial charge < -0.3 is 10.2 Å². The van der Waals surface area contributed by atoms with E-state index in [0.29, 0.717) is 11.5 Å². The van der Waals surface area contributed by atoms with E-state index in [2.05, 4.69) is 26.6 Å². The summed E-state index contributed by atoms with van der Waals surface area (Å²) < 4.78 is 0. The maximum absolute atomic E-state index is 12.1. The normalized spacial score (nSPS) is 14.0. The van der Waals surface area contributed by atoms with E-state index in [0.717, 1.165) is 31.6 Å². The molecule has 0 bridgehead atoms. The first-order valence-corrected chi connectivity index (χ1v) is 6.75. The van der Waals surface area contributed by atoms with Crippen LogP contribution in [-0.2, 0) is 0 Å². The molecule has 3 rings (SSSR count). The Hall–Kier alpha value is -2.88. The zero-order valence-electron chi connectivity index (χ0n) is 11.3. The SMILES string of the molecule is N#Cc1ccc(Nc2n[nH]c(C(=O)N3CCCC3)n2)cc1. The molecule has 0 saturated carbocycles. The molecule has 106 valence electrons. The number of carbonyl (C=O) groups excluding carboxylic acids is 1. The van der Waals surface area contributed by atoms with Crippen molar-refractivity contribution in [1.29, 1.82) is 5.26 Å². The number of nitrogens with zero attached hydrogens (tertiary/aromatic N) is 4. The summed E-state index contributed by atoms with van der Waals surface area (Å²) in [6.07, 6.45) is 2.08. The molecule has 1 aromatic carbocycles. The number of anilines is 2. The van der Waals surface area contributed by atoms with Crippen molar-refractivity contribution in [3.63, 3.8) is 0 Å². The van der Waals surface area contributed by atoms with E-state index in [9.17, 15) is 4.79 Å². The fourth-order valence-corrected chi connectivity index (χ4v) is 2.24. The molecule has 7 nitrogen and oxygen atoms in total. The molecular formula is C14H14N6O. The monoisotopic (exact) mass is 282 g/mol. The number of hydrogen-bond donors (Lipinski definition) is 2. The predicted octanol–water partition coefficient (Wildman–Crippen LogP) is 1.66. The molecule has 0 spiro atoms.